The van der Waals surface area contributed by atoms with Gasteiger partial charge in [0.15, 0.2) is 11.5 Å². The first-order valence-electron chi connectivity index (χ1n) is 12.1. The summed E-state index contributed by atoms with van der Waals surface area (Å²) in [6.07, 6.45) is 3.65. The second kappa shape index (κ2) is 11.5. The summed E-state index contributed by atoms with van der Waals surface area (Å²) in [5.74, 6) is 1.73. The largest absolute Gasteiger partial charge is 0.481 e. The van der Waals surface area contributed by atoms with Crippen LogP contribution in [0.1, 0.15) is 36.7 Å². The lowest BCUT2D eigenvalue weighted by Crippen LogP contribution is -2.22. The van der Waals surface area contributed by atoms with E-state index in [9.17, 15) is 14.9 Å². The molecule has 1 aromatic heterocycles. The predicted octanol–water partition coefficient (Wildman–Crippen LogP) is 6.36. The highest BCUT2D eigenvalue weighted by Crippen LogP contribution is 2.36. The number of hydrogen-bond acceptors (Lipinski definition) is 8. The standard InChI is InChI=1S/C27H22Br2N4O6/c1-2-3-4-25-31-21-7-6-18(28)11-20(21)27(34)32(25)30-13-17-10-19(29)12-22(33(35)36)26(17)37-14-16-5-8-23-24(9-16)39-15-38-23/h5-13H,2-4,14-15H2,1H3. The molecule has 1 aliphatic rings. The van der Waals surface area contributed by atoms with Crippen molar-refractivity contribution in [3.63, 3.8) is 0 Å². The van der Waals surface area contributed by atoms with E-state index in [4.69, 9.17) is 14.2 Å². The fraction of sp³-hybridized carbons (Fsp3) is 0.222. The van der Waals surface area contributed by atoms with Gasteiger partial charge in [0, 0.05) is 27.0 Å². The Morgan fingerprint density at radius 1 is 1.13 bits per heavy atom. The lowest BCUT2D eigenvalue weighted by Gasteiger charge is -2.12. The average Bonchev–Trinajstić information content (AvgIpc) is 3.39. The molecule has 0 bridgehead atoms. The topological polar surface area (TPSA) is 118 Å². The summed E-state index contributed by atoms with van der Waals surface area (Å²) in [7, 11) is 0. The minimum atomic E-state index is -0.523. The summed E-state index contributed by atoms with van der Waals surface area (Å²) in [5.41, 5.74) is 1.05. The molecule has 0 saturated heterocycles. The van der Waals surface area contributed by atoms with E-state index in [0.717, 1.165) is 22.9 Å². The number of nitro groups is 1. The van der Waals surface area contributed by atoms with E-state index in [-0.39, 0.29) is 30.4 Å². The number of unbranched alkanes of at least 4 members (excludes halogenated alkanes) is 1. The minimum Gasteiger partial charge on any atom is -0.481 e. The van der Waals surface area contributed by atoms with E-state index in [1.807, 2.05) is 13.0 Å². The van der Waals surface area contributed by atoms with Gasteiger partial charge in [-0.2, -0.15) is 9.78 Å². The van der Waals surface area contributed by atoms with Crippen molar-refractivity contribution in [2.45, 2.75) is 32.8 Å². The van der Waals surface area contributed by atoms with Gasteiger partial charge in [0.05, 0.1) is 22.0 Å². The molecule has 39 heavy (non-hydrogen) atoms. The van der Waals surface area contributed by atoms with E-state index < -0.39 is 4.92 Å². The van der Waals surface area contributed by atoms with Gasteiger partial charge >= 0.3 is 5.69 Å². The van der Waals surface area contributed by atoms with Gasteiger partial charge in [0.1, 0.15) is 12.4 Å². The quantitative estimate of drug-likeness (QED) is 0.117. The molecule has 4 aromatic rings. The molecule has 5 rings (SSSR count). The Morgan fingerprint density at radius 2 is 1.95 bits per heavy atom. The van der Waals surface area contributed by atoms with Gasteiger partial charge in [-0.3, -0.25) is 14.9 Å². The zero-order valence-electron chi connectivity index (χ0n) is 20.7. The van der Waals surface area contributed by atoms with Crippen LogP contribution in [0.15, 0.2) is 67.4 Å². The first kappa shape index (κ1) is 26.8. The van der Waals surface area contributed by atoms with E-state index in [2.05, 4.69) is 41.9 Å². The second-order valence-corrected chi connectivity index (χ2v) is 10.6. The van der Waals surface area contributed by atoms with Crippen molar-refractivity contribution in [2.24, 2.45) is 5.10 Å². The third kappa shape index (κ3) is 5.81. The number of aromatic nitrogens is 2. The molecule has 0 aliphatic carbocycles. The number of rotatable bonds is 9. The molecule has 12 heteroatoms. The SMILES string of the molecule is CCCCc1nc2ccc(Br)cc2c(=O)n1N=Cc1cc(Br)cc([N+](=O)[O-])c1OCc1ccc2c(c1)OCO2. The van der Waals surface area contributed by atoms with Crippen LogP contribution < -0.4 is 19.8 Å². The Hall–Kier alpha value is -3.77. The lowest BCUT2D eigenvalue weighted by atomic mass is 10.1. The van der Waals surface area contributed by atoms with Crippen LogP contribution in [0.3, 0.4) is 0 Å². The summed E-state index contributed by atoms with van der Waals surface area (Å²) >= 11 is 6.74. The fourth-order valence-electron chi connectivity index (χ4n) is 4.11. The highest BCUT2D eigenvalue weighted by molar-refractivity contribution is 9.10. The van der Waals surface area contributed by atoms with Crippen LogP contribution in [-0.4, -0.2) is 27.6 Å². The van der Waals surface area contributed by atoms with Gasteiger partial charge in [-0.15, -0.1) is 0 Å². The molecule has 0 fully saturated rings. The second-order valence-electron chi connectivity index (χ2n) is 8.73. The molecular formula is C27H22Br2N4O6. The Labute approximate surface area is 239 Å². The van der Waals surface area contributed by atoms with Gasteiger partial charge in [-0.1, -0.05) is 51.3 Å². The molecule has 3 aromatic carbocycles. The van der Waals surface area contributed by atoms with Crippen LogP contribution >= 0.6 is 31.9 Å². The third-order valence-corrected chi connectivity index (χ3v) is 6.97. The van der Waals surface area contributed by atoms with Crippen molar-refractivity contribution in [2.75, 3.05) is 6.79 Å². The number of aryl methyl sites for hydroxylation is 1. The zero-order chi connectivity index (χ0) is 27.5. The maximum absolute atomic E-state index is 13.4. The first-order chi connectivity index (χ1) is 18.8. The number of ether oxygens (including phenoxy) is 3. The monoisotopic (exact) mass is 656 g/mol. The van der Waals surface area contributed by atoms with Crippen molar-refractivity contribution < 1.29 is 19.1 Å². The molecule has 0 spiro atoms. The molecule has 0 atom stereocenters. The molecule has 0 unspecified atom stereocenters. The highest BCUT2D eigenvalue weighted by Gasteiger charge is 2.22. The lowest BCUT2D eigenvalue weighted by molar-refractivity contribution is -0.386. The summed E-state index contributed by atoms with van der Waals surface area (Å²) in [6.45, 7) is 2.22. The number of nitrogens with zero attached hydrogens (tertiary/aromatic N) is 4. The fourth-order valence-corrected chi connectivity index (χ4v) is 4.93. The Morgan fingerprint density at radius 3 is 2.74 bits per heavy atom. The molecule has 0 radical (unpaired) electrons. The van der Waals surface area contributed by atoms with Crippen molar-refractivity contribution in [3.8, 4) is 17.2 Å². The van der Waals surface area contributed by atoms with Crippen molar-refractivity contribution in [1.82, 2.24) is 9.66 Å². The minimum absolute atomic E-state index is 0.0178. The average molecular weight is 658 g/mol. The van der Waals surface area contributed by atoms with Gasteiger partial charge < -0.3 is 14.2 Å². The Kier molecular flexibility index (Phi) is 7.94. The maximum atomic E-state index is 13.4. The zero-order valence-corrected chi connectivity index (χ0v) is 23.9. The van der Waals surface area contributed by atoms with E-state index >= 15 is 0 Å². The molecule has 200 valence electrons. The van der Waals surface area contributed by atoms with E-state index in [0.29, 0.717) is 44.7 Å². The molecule has 0 saturated carbocycles. The van der Waals surface area contributed by atoms with Crippen LogP contribution in [0.4, 0.5) is 5.69 Å². The number of halogens is 2. The summed E-state index contributed by atoms with van der Waals surface area (Å²) in [6, 6.07) is 13.6. The van der Waals surface area contributed by atoms with Crippen LogP contribution in [0.2, 0.25) is 0 Å². The van der Waals surface area contributed by atoms with Crippen molar-refractivity contribution in [1.29, 1.82) is 0 Å². The van der Waals surface area contributed by atoms with E-state index in [1.165, 1.54) is 17.0 Å². The van der Waals surface area contributed by atoms with E-state index in [1.54, 1.807) is 36.4 Å². The van der Waals surface area contributed by atoms with Gasteiger partial charge in [0.2, 0.25) is 12.5 Å². The molecule has 2 heterocycles. The predicted molar refractivity (Wildman–Crippen MR) is 153 cm³/mol. The smallest absolute Gasteiger partial charge is 0.312 e. The highest BCUT2D eigenvalue weighted by atomic mass is 79.9. The number of fused-ring (bicyclic) bond motifs is 2. The maximum Gasteiger partial charge on any atom is 0.312 e. The first-order valence-corrected chi connectivity index (χ1v) is 13.7. The van der Waals surface area contributed by atoms with Crippen molar-refractivity contribution >= 4 is 54.7 Å². The Balaban J connectivity index is 1.55. The number of nitro benzene ring substituents is 1. The molecule has 0 amide bonds. The van der Waals surface area contributed by atoms with Crippen molar-refractivity contribution in [3.05, 3.63) is 94.9 Å². The summed E-state index contributed by atoms with van der Waals surface area (Å²) in [4.78, 5) is 29.5. The third-order valence-electron chi connectivity index (χ3n) is 6.02. The Bertz CT molecular complexity index is 1670. The van der Waals surface area contributed by atoms with Gasteiger partial charge in [0.25, 0.3) is 5.56 Å². The van der Waals surface area contributed by atoms with Crippen LogP contribution in [0.25, 0.3) is 10.9 Å². The van der Waals surface area contributed by atoms with Crippen LogP contribution in [0.5, 0.6) is 17.2 Å². The number of benzene rings is 3. The van der Waals surface area contributed by atoms with Gasteiger partial charge in [-0.05, 0) is 48.4 Å². The molecule has 10 nitrogen and oxygen atoms in total. The van der Waals surface area contributed by atoms with Crippen LogP contribution in [0, 0.1) is 10.1 Å². The number of hydrogen-bond donors (Lipinski definition) is 0. The summed E-state index contributed by atoms with van der Waals surface area (Å²) in [5, 5.41) is 16.8. The molecule has 1 aliphatic heterocycles. The summed E-state index contributed by atoms with van der Waals surface area (Å²) < 4.78 is 19.2. The normalized spacial score (nSPS) is 12.4. The molecule has 0 N–H and O–H groups in total. The molecular weight excluding hydrogens is 636 g/mol. The van der Waals surface area contributed by atoms with Crippen LogP contribution in [-0.2, 0) is 13.0 Å². The van der Waals surface area contributed by atoms with Gasteiger partial charge in [-0.25, -0.2) is 4.98 Å².